The van der Waals surface area contributed by atoms with E-state index in [1.54, 1.807) is 40.9 Å². The molecule has 0 atom stereocenters. The van der Waals surface area contributed by atoms with E-state index in [0.29, 0.717) is 11.3 Å². The number of carboxylic acid groups (broad SMARTS) is 1. The van der Waals surface area contributed by atoms with Gasteiger partial charge in [0.2, 0.25) is 0 Å². The molecule has 0 spiro atoms. The van der Waals surface area contributed by atoms with Crippen molar-refractivity contribution < 1.29 is 18.3 Å². The third-order valence-corrected chi connectivity index (χ3v) is 9.36. The molecule has 4 aromatic rings. The molecule has 1 aliphatic carbocycles. The SMILES string of the molecule is Cc1ccc(S(=O)(=O)n2nc(C(=O)O)c3c2CC(c2cccs2)(c2cccs2)C=C3)cc1. The van der Waals surface area contributed by atoms with Gasteiger partial charge >= 0.3 is 5.97 Å². The highest BCUT2D eigenvalue weighted by Crippen LogP contribution is 2.46. The van der Waals surface area contributed by atoms with Crippen molar-refractivity contribution in [2.45, 2.75) is 23.7 Å². The summed E-state index contributed by atoms with van der Waals surface area (Å²) in [6, 6.07) is 14.4. The first-order chi connectivity index (χ1) is 15.3. The van der Waals surface area contributed by atoms with Crippen molar-refractivity contribution >= 4 is 44.7 Å². The molecule has 5 rings (SSSR count). The topological polar surface area (TPSA) is 89.3 Å². The van der Waals surface area contributed by atoms with Crippen LogP contribution in [-0.4, -0.2) is 28.7 Å². The van der Waals surface area contributed by atoms with E-state index in [-0.39, 0.29) is 17.0 Å². The van der Waals surface area contributed by atoms with Crippen LogP contribution >= 0.6 is 22.7 Å². The zero-order valence-corrected chi connectivity index (χ0v) is 19.4. The number of thiophene rings is 2. The van der Waals surface area contributed by atoms with Gasteiger partial charge in [0.15, 0.2) is 5.69 Å². The number of carbonyl (C=O) groups is 1. The molecule has 6 nitrogen and oxygen atoms in total. The Morgan fingerprint density at radius 1 is 1.06 bits per heavy atom. The number of allylic oxidation sites excluding steroid dienone is 1. The standard InChI is InChI=1S/C23H18N2O4S3/c1-15-6-8-16(9-7-15)32(28,29)25-18-14-23(19-4-2-12-30-19,20-5-3-13-31-20)11-10-17(18)21(24-25)22(26)27/h2-13H,14H2,1H3,(H,26,27). The first-order valence-electron chi connectivity index (χ1n) is 9.77. The lowest BCUT2D eigenvalue weighted by Crippen LogP contribution is -2.31. The molecule has 0 aliphatic heterocycles. The van der Waals surface area contributed by atoms with Crippen LogP contribution in [0.2, 0.25) is 0 Å². The van der Waals surface area contributed by atoms with E-state index in [9.17, 15) is 18.3 Å². The molecular weight excluding hydrogens is 464 g/mol. The largest absolute Gasteiger partial charge is 0.476 e. The zero-order chi connectivity index (χ0) is 22.5. The Morgan fingerprint density at radius 2 is 1.69 bits per heavy atom. The minimum atomic E-state index is -4.08. The van der Waals surface area contributed by atoms with Crippen molar-refractivity contribution in [3.63, 3.8) is 0 Å². The molecule has 0 bridgehead atoms. The summed E-state index contributed by atoms with van der Waals surface area (Å²) in [5, 5.41) is 17.8. The fourth-order valence-corrected chi connectivity index (χ4v) is 7.25. The molecule has 0 radical (unpaired) electrons. The molecule has 162 valence electrons. The molecule has 1 aliphatic rings. The Balaban J connectivity index is 1.74. The number of aryl methyl sites for hydroxylation is 1. The Labute approximate surface area is 193 Å². The zero-order valence-electron chi connectivity index (χ0n) is 16.9. The van der Waals surface area contributed by atoms with Crippen LogP contribution in [-0.2, 0) is 21.9 Å². The molecule has 3 aromatic heterocycles. The van der Waals surface area contributed by atoms with Crippen LogP contribution in [0.3, 0.4) is 0 Å². The summed E-state index contributed by atoms with van der Waals surface area (Å²) in [6.45, 7) is 1.87. The van der Waals surface area contributed by atoms with Crippen molar-refractivity contribution in [2.24, 2.45) is 0 Å². The maximum Gasteiger partial charge on any atom is 0.357 e. The Kier molecular flexibility index (Phi) is 4.92. The number of aromatic nitrogens is 2. The molecule has 0 amide bonds. The monoisotopic (exact) mass is 482 g/mol. The molecule has 0 unspecified atom stereocenters. The maximum atomic E-state index is 13.5. The number of fused-ring (bicyclic) bond motifs is 1. The van der Waals surface area contributed by atoms with Gasteiger partial charge in [-0.1, -0.05) is 42.0 Å². The molecule has 0 saturated carbocycles. The summed E-state index contributed by atoms with van der Waals surface area (Å²) >= 11 is 3.17. The van der Waals surface area contributed by atoms with E-state index in [1.165, 1.54) is 12.1 Å². The van der Waals surface area contributed by atoms with Crippen molar-refractivity contribution in [3.8, 4) is 0 Å². The van der Waals surface area contributed by atoms with Crippen LogP contribution in [0.15, 0.2) is 70.3 Å². The van der Waals surface area contributed by atoms with Gasteiger partial charge in [-0.25, -0.2) is 4.79 Å². The lowest BCUT2D eigenvalue weighted by atomic mass is 9.76. The number of aromatic carboxylic acids is 1. The second kappa shape index (κ2) is 7.54. The van der Waals surface area contributed by atoms with Crippen LogP contribution in [0.5, 0.6) is 0 Å². The summed E-state index contributed by atoms with van der Waals surface area (Å²) in [6.07, 6.45) is 3.96. The van der Waals surface area contributed by atoms with E-state index in [1.807, 2.05) is 48.0 Å². The summed E-state index contributed by atoms with van der Waals surface area (Å²) in [5.74, 6) is -1.26. The highest BCUT2D eigenvalue weighted by molar-refractivity contribution is 7.89. The number of nitrogens with zero attached hydrogens (tertiary/aromatic N) is 2. The van der Waals surface area contributed by atoms with Crippen LogP contribution in [0, 0.1) is 6.92 Å². The lowest BCUT2D eigenvalue weighted by molar-refractivity contribution is 0.0690. The minimum absolute atomic E-state index is 0.0674. The second-order valence-corrected chi connectivity index (χ2v) is 11.3. The van der Waals surface area contributed by atoms with Crippen LogP contribution in [0.1, 0.15) is 37.1 Å². The molecule has 32 heavy (non-hydrogen) atoms. The third-order valence-electron chi connectivity index (χ3n) is 5.64. The number of rotatable bonds is 5. The van der Waals surface area contributed by atoms with E-state index in [4.69, 9.17) is 0 Å². The van der Waals surface area contributed by atoms with Crippen molar-refractivity contribution in [1.29, 1.82) is 0 Å². The number of carboxylic acids is 1. The van der Waals surface area contributed by atoms with Gasteiger partial charge in [0.25, 0.3) is 10.0 Å². The van der Waals surface area contributed by atoms with E-state index < -0.39 is 21.4 Å². The van der Waals surface area contributed by atoms with Crippen molar-refractivity contribution in [2.75, 3.05) is 0 Å². The summed E-state index contributed by atoms with van der Waals surface area (Å²) in [7, 11) is -4.08. The van der Waals surface area contributed by atoms with Crippen LogP contribution in [0.4, 0.5) is 0 Å². The molecule has 1 N–H and O–H groups in total. The third kappa shape index (κ3) is 3.16. The first kappa shape index (κ1) is 20.9. The van der Waals surface area contributed by atoms with Crippen molar-refractivity contribution in [3.05, 3.63) is 97.6 Å². The van der Waals surface area contributed by atoms with E-state index >= 15 is 0 Å². The number of hydrogen-bond acceptors (Lipinski definition) is 6. The van der Waals surface area contributed by atoms with Crippen molar-refractivity contribution in [1.82, 2.24) is 9.19 Å². The smallest absolute Gasteiger partial charge is 0.357 e. The predicted molar refractivity (Wildman–Crippen MR) is 125 cm³/mol. The van der Waals surface area contributed by atoms with Crippen LogP contribution in [0.25, 0.3) is 6.08 Å². The van der Waals surface area contributed by atoms with E-state index in [0.717, 1.165) is 19.4 Å². The van der Waals surface area contributed by atoms with Crippen LogP contribution < -0.4 is 0 Å². The molecule has 0 fully saturated rings. The Bertz CT molecular complexity index is 1400. The fourth-order valence-electron chi connectivity index (χ4n) is 4.02. The second-order valence-electron chi connectivity index (χ2n) is 7.61. The average molecular weight is 483 g/mol. The summed E-state index contributed by atoms with van der Waals surface area (Å²) in [5.41, 5.74) is 0.767. The highest BCUT2D eigenvalue weighted by Gasteiger charge is 2.41. The Morgan fingerprint density at radius 3 is 2.22 bits per heavy atom. The van der Waals surface area contributed by atoms with Gasteiger partial charge < -0.3 is 5.11 Å². The quantitative estimate of drug-likeness (QED) is 0.441. The van der Waals surface area contributed by atoms with E-state index in [2.05, 4.69) is 5.10 Å². The minimum Gasteiger partial charge on any atom is -0.476 e. The molecule has 9 heteroatoms. The average Bonchev–Trinajstić information content (AvgIpc) is 3.54. The lowest BCUT2D eigenvalue weighted by Gasteiger charge is -2.32. The van der Waals surface area contributed by atoms with Gasteiger partial charge in [-0.2, -0.15) is 12.5 Å². The van der Waals surface area contributed by atoms with Gasteiger partial charge in [-0.3, -0.25) is 0 Å². The fraction of sp³-hybridized carbons (Fsp3) is 0.130. The summed E-state index contributed by atoms with van der Waals surface area (Å²) in [4.78, 5) is 14.1. The first-order valence-corrected chi connectivity index (χ1v) is 13.0. The van der Waals surface area contributed by atoms with Gasteiger partial charge in [0.1, 0.15) is 0 Å². The maximum absolute atomic E-state index is 13.5. The predicted octanol–water partition coefficient (Wildman–Crippen LogP) is 4.81. The van der Waals surface area contributed by atoms with Gasteiger partial charge in [0, 0.05) is 21.7 Å². The summed E-state index contributed by atoms with van der Waals surface area (Å²) < 4.78 is 28.0. The van der Waals surface area contributed by atoms with Gasteiger partial charge in [-0.05, 0) is 41.9 Å². The normalized spacial score (nSPS) is 14.9. The number of benzene rings is 1. The highest BCUT2D eigenvalue weighted by atomic mass is 32.2. The molecule has 3 heterocycles. The van der Waals surface area contributed by atoms with Gasteiger partial charge in [0.05, 0.1) is 16.0 Å². The Hall–Kier alpha value is -3.01. The molecular formula is C23H18N2O4S3. The van der Waals surface area contributed by atoms with Gasteiger partial charge in [-0.15, -0.1) is 27.8 Å². The molecule has 1 aromatic carbocycles. The number of hydrogen-bond donors (Lipinski definition) is 1. The molecule has 0 saturated heterocycles.